The number of carbonyl (C=O) groups excluding carboxylic acids is 1. The number of hydrogen-bond donors (Lipinski definition) is 0. The predicted octanol–water partition coefficient (Wildman–Crippen LogP) is 4.52. The molecule has 0 aliphatic rings. The number of para-hydroxylation sites is 1. The van der Waals surface area contributed by atoms with Crippen molar-refractivity contribution < 1.29 is 4.79 Å². The van der Waals surface area contributed by atoms with Crippen LogP contribution in [0.15, 0.2) is 66.9 Å². The van der Waals surface area contributed by atoms with Crippen molar-refractivity contribution in [3.63, 3.8) is 0 Å². The van der Waals surface area contributed by atoms with Crippen molar-refractivity contribution in [2.75, 3.05) is 4.90 Å². The molecular formula is C15H12ClNO. The molecule has 0 saturated carbocycles. The topological polar surface area (TPSA) is 20.3 Å². The number of carbonyl (C=O) groups is 1. The van der Waals surface area contributed by atoms with Crippen LogP contribution in [-0.4, -0.2) is 5.37 Å². The van der Waals surface area contributed by atoms with Crippen LogP contribution in [0.5, 0.6) is 0 Å². The zero-order valence-corrected chi connectivity index (χ0v) is 10.4. The van der Waals surface area contributed by atoms with E-state index in [9.17, 15) is 4.79 Å². The largest absolute Gasteiger partial charge is 0.324 e. The van der Waals surface area contributed by atoms with Gasteiger partial charge in [0.15, 0.2) is 0 Å². The Morgan fingerprint density at radius 3 is 2.06 bits per heavy atom. The van der Waals surface area contributed by atoms with E-state index >= 15 is 0 Å². The van der Waals surface area contributed by atoms with E-state index in [1.807, 2.05) is 66.7 Å². The Hall–Kier alpha value is -2.06. The van der Waals surface area contributed by atoms with Crippen molar-refractivity contribution in [3.05, 3.63) is 72.4 Å². The van der Waals surface area contributed by atoms with Crippen molar-refractivity contribution in [1.82, 2.24) is 0 Å². The van der Waals surface area contributed by atoms with E-state index in [0.29, 0.717) is 0 Å². The second-order valence-electron chi connectivity index (χ2n) is 3.68. The van der Waals surface area contributed by atoms with Crippen LogP contribution in [0.3, 0.4) is 0 Å². The molecule has 0 radical (unpaired) electrons. The summed E-state index contributed by atoms with van der Waals surface area (Å²) in [5, 5.41) is -0.534. The molecule has 0 bridgehead atoms. The molecule has 2 aromatic carbocycles. The van der Waals surface area contributed by atoms with Gasteiger partial charge in [-0.05, 0) is 35.4 Å². The van der Waals surface area contributed by atoms with E-state index in [-0.39, 0.29) is 0 Å². The van der Waals surface area contributed by atoms with Crippen LogP contribution in [0.25, 0.3) is 6.08 Å². The molecule has 90 valence electrons. The van der Waals surface area contributed by atoms with Gasteiger partial charge in [0.25, 0.3) is 0 Å². The zero-order valence-electron chi connectivity index (χ0n) is 9.66. The molecule has 0 saturated heterocycles. The minimum atomic E-state index is -0.534. The summed E-state index contributed by atoms with van der Waals surface area (Å²) in [6.07, 6.45) is 3.51. The van der Waals surface area contributed by atoms with Crippen LogP contribution < -0.4 is 4.90 Å². The number of rotatable bonds is 3. The van der Waals surface area contributed by atoms with Crippen LogP contribution in [0.2, 0.25) is 0 Å². The van der Waals surface area contributed by atoms with Gasteiger partial charge in [-0.2, -0.15) is 0 Å². The third-order valence-corrected chi connectivity index (χ3v) is 2.62. The highest BCUT2D eigenvalue weighted by Crippen LogP contribution is 2.17. The van der Waals surface area contributed by atoms with Crippen LogP contribution in [0.4, 0.5) is 10.5 Å². The van der Waals surface area contributed by atoms with Gasteiger partial charge < -0.3 is 0 Å². The maximum Gasteiger partial charge on any atom is 0.324 e. The summed E-state index contributed by atoms with van der Waals surface area (Å²) < 4.78 is 0. The van der Waals surface area contributed by atoms with Gasteiger partial charge in [-0.1, -0.05) is 48.5 Å². The average Bonchev–Trinajstić information content (AvgIpc) is 2.41. The minimum Gasteiger partial charge on any atom is -0.274 e. The number of benzene rings is 2. The van der Waals surface area contributed by atoms with E-state index in [4.69, 9.17) is 11.6 Å². The van der Waals surface area contributed by atoms with Gasteiger partial charge in [0.05, 0.1) is 0 Å². The Bertz CT molecular complexity index is 537. The normalized spacial score (nSPS) is 10.5. The highest BCUT2D eigenvalue weighted by atomic mass is 35.5. The molecule has 0 heterocycles. The van der Waals surface area contributed by atoms with Gasteiger partial charge in [-0.25, -0.2) is 0 Å². The minimum absolute atomic E-state index is 0.534. The van der Waals surface area contributed by atoms with E-state index < -0.39 is 5.37 Å². The van der Waals surface area contributed by atoms with Crippen LogP contribution in [-0.2, 0) is 0 Å². The number of nitrogens with zero attached hydrogens (tertiary/aromatic N) is 1. The smallest absolute Gasteiger partial charge is 0.274 e. The summed E-state index contributed by atoms with van der Waals surface area (Å²) in [7, 11) is 0. The fourth-order valence-corrected chi connectivity index (χ4v) is 1.71. The Morgan fingerprint density at radius 1 is 0.944 bits per heavy atom. The molecule has 1 amide bonds. The molecule has 0 unspecified atom stereocenters. The van der Waals surface area contributed by atoms with Gasteiger partial charge in [-0.3, -0.25) is 9.69 Å². The van der Waals surface area contributed by atoms with Gasteiger partial charge in [0.1, 0.15) is 0 Å². The fraction of sp³-hybridized carbons (Fsp3) is 0. The molecule has 0 aliphatic heterocycles. The Balaban J connectivity index is 2.23. The predicted molar refractivity (Wildman–Crippen MR) is 75.6 cm³/mol. The second kappa shape index (κ2) is 6.03. The molecule has 0 N–H and O–H groups in total. The Morgan fingerprint density at radius 2 is 1.50 bits per heavy atom. The lowest BCUT2D eigenvalue weighted by molar-refractivity contribution is 0.266. The first kappa shape index (κ1) is 12.4. The molecule has 18 heavy (non-hydrogen) atoms. The van der Waals surface area contributed by atoms with Crippen molar-refractivity contribution in [2.45, 2.75) is 0 Å². The summed E-state index contributed by atoms with van der Waals surface area (Å²) in [4.78, 5) is 12.8. The lowest BCUT2D eigenvalue weighted by atomic mass is 10.2. The summed E-state index contributed by atoms with van der Waals surface area (Å²) in [5.41, 5.74) is 1.75. The van der Waals surface area contributed by atoms with E-state index in [1.54, 1.807) is 6.20 Å². The molecule has 2 aromatic rings. The SMILES string of the molecule is O=C(Cl)N(/C=C/c1ccccc1)c1ccccc1. The van der Waals surface area contributed by atoms with Gasteiger partial charge >= 0.3 is 5.37 Å². The molecule has 0 aliphatic carbocycles. The molecule has 0 atom stereocenters. The fourth-order valence-electron chi connectivity index (χ4n) is 1.56. The second-order valence-corrected chi connectivity index (χ2v) is 4.01. The van der Waals surface area contributed by atoms with E-state index in [2.05, 4.69) is 0 Å². The highest BCUT2D eigenvalue weighted by Gasteiger charge is 2.08. The Kier molecular flexibility index (Phi) is 4.15. The number of hydrogen-bond acceptors (Lipinski definition) is 1. The van der Waals surface area contributed by atoms with Crippen LogP contribution in [0.1, 0.15) is 5.56 Å². The molecule has 2 nitrogen and oxygen atoms in total. The molecule has 0 fully saturated rings. The van der Waals surface area contributed by atoms with Crippen molar-refractivity contribution in [3.8, 4) is 0 Å². The first-order valence-electron chi connectivity index (χ1n) is 5.54. The first-order valence-corrected chi connectivity index (χ1v) is 5.92. The van der Waals surface area contributed by atoms with Crippen LogP contribution >= 0.6 is 11.6 Å². The van der Waals surface area contributed by atoms with E-state index in [0.717, 1.165) is 11.3 Å². The maximum absolute atomic E-state index is 11.4. The summed E-state index contributed by atoms with van der Waals surface area (Å²) in [5.74, 6) is 0. The highest BCUT2D eigenvalue weighted by molar-refractivity contribution is 6.66. The van der Waals surface area contributed by atoms with E-state index in [1.165, 1.54) is 4.90 Å². The lowest BCUT2D eigenvalue weighted by Gasteiger charge is -2.14. The van der Waals surface area contributed by atoms with Gasteiger partial charge in [0, 0.05) is 11.9 Å². The maximum atomic E-state index is 11.4. The molecule has 0 spiro atoms. The third-order valence-electron chi connectivity index (χ3n) is 2.44. The van der Waals surface area contributed by atoms with Crippen molar-refractivity contribution in [2.24, 2.45) is 0 Å². The first-order chi connectivity index (χ1) is 8.77. The number of halogens is 1. The molecule has 3 heteroatoms. The van der Waals surface area contributed by atoms with Crippen molar-refractivity contribution >= 4 is 28.7 Å². The molecule has 2 rings (SSSR count). The summed E-state index contributed by atoms with van der Waals surface area (Å²) >= 11 is 5.58. The molecule has 0 aromatic heterocycles. The molecular weight excluding hydrogens is 246 g/mol. The van der Waals surface area contributed by atoms with Gasteiger partial charge in [-0.15, -0.1) is 0 Å². The standard InChI is InChI=1S/C15H12ClNO/c16-15(18)17(14-9-5-2-6-10-14)12-11-13-7-3-1-4-8-13/h1-12H/b12-11+. The lowest BCUT2D eigenvalue weighted by Crippen LogP contribution is -2.18. The third kappa shape index (κ3) is 3.22. The monoisotopic (exact) mass is 257 g/mol. The van der Waals surface area contributed by atoms with Crippen molar-refractivity contribution in [1.29, 1.82) is 0 Å². The summed E-state index contributed by atoms with van der Waals surface area (Å²) in [6, 6.07) is 19.0. The van der Waals surface area contributed by atoms with Crippen LogP contribution in [0, 0.1) is 0 Å². The summed E-state index contributed by atoms with van der Waals surface area (Å²) in [6.45, 7) is 0. The number of amides is 1. The van der Waals surface area contributed by atoms with Gasteiger partial charge in [0.2, 0.25) is 0 Å². The quantitative estimate of drug-likeness (QED) is 0.585. The Labute approximate surface area is 111 Å². The number of anilines is 1. The zero-order chi connectivity index (χ0) is 12.8. The average molecular weight is 258 g/mol.